The van der Waals surface area contributed by atoms with E-state index in [1.807, 2.05) is 0 Å². The van der Waals surface area contributed by atoms with Crippen molar-refractivity contribution in [1.82, 2.24) is 0 Å². The largest absolute Gasteiger partial charge is 0.558 e. The molecule has 0 heterocycles. The van der Waals surface area contributed by atoms with Gasteiger partial charge in [0, 0.05) is 0 Å². The first-order chi connectivity index (χ1) is 6.04. The number of allylic oxidation sites excluding steroid dienone is 2. The number of alkyl halides is 3. The van der Waals surface area contributed by atoms with Gasteiger partial charge in [0.05, 0.1) is 0 Å². The molecule has 80 valence electrons. The van der Waals surface area contributed by atoms with Crippen LogP contribution >= 0.6 is 0 Å². The molecule has 0 saturated carbocycles. The van der Waals surface area contributed by atoms with Crippen LogP contribution in [0.15, 0.2) is 11.7 Å². The average Bonchev–Trinajstić information content (AvgIpc) is 1.95. The second-order valence-corrected chi connectivity index (χ2v) is 1.97. The van der Waals surface area contributed by atoms with E-state index in [9.17, 15) is 34.9 Å². The number of hydrogen-bond donors (Lipinski definition) is 0. The molecule has 0 saturated heterocycles. The van der Waals surface area contributed by atoms with E-state index in [4.69, 9.17) is 0 Å². The molecule has 0 aliphatic carbocycles. The van der Waals surface area contributed by atoms with Crippen LogP contribution in [0.25, 0.3) is 0 Å². The summed E-state index contributed by atoms with van der Waals surface area (Å²) in [5, 5.41) is 0. The summed E-state index contributed by atoms with van der Waals surface area (Å²) in [6.45, 7) is -5.77. The Hall–Kier alpha value is -1.20. The Morgan fingerprint density at radius 2 is 1.43 bits per heavy atom. The number of hydrogen-bond acceptors (Lipinski definition) is 0. The standard InChI is InChI=1S/C5BF8/c7-3(1-2-6(12,13)14)4(8)5(9,10)11/q-1/b4-3+. The van der Waals surface area contributed by atoms with Gasteiger partial charge in [0.2, 0.25) is 11.7 Å². The van der Waals surface area contributed by atoms with Gasteiger partial charge in [0.1, 0.15) is 0 Å². The van der Waals surface area contributed by atoms with Gasteiger partial charge >= 0.3 is 13.2 Å². The van der Waals surface area contributed by atoms with E-state index in [-0.39, 0.29) is 5.82 Å². The van der Waals surface area contributed by atoms with E-state index in [1.54, 1.807) is 0 Å². The zero-order chi connectivity index (χ0) is 11.6. The van der Waals surface area contributed by atoms with Crippen LogP contribution < -0.4 is 0 Å². The molecule has 0 aliphatic rings. The lowest BCUT2D eigenvalue weighted by molar-refractivity contribution is -0.110. The maximum absolute atomic E-state index is 11.9. The van der Waals surface area contributed by atoms with Crippen molar-refractivity contribution in [3.05, 3.63) is 11.7 Å². The first-order valence-electron chi connectivity index (χ1n) is 2.89. The Bertz CT molecular complexity index is 296. The minimum Gasteiger partial charge on any atom is -0.438 e. The minimum atomic E-state index is -5.77. The van der Waals surface area contributed by atoms with E-state index >= 15 is 0 Å². The van der Waals surface area contributed by atoms with Crippen molar-refractivity contribution < 1.29 is 34.9 Å². The predicted octanol–water partition coefficient (Wildman–Crippen LogP) is 3.09. The molecule has 9 heteroatoms. The molecule has 0 aromatic rings. The molecule has 0 fully saturated rings. The summed E-state index contributed by atoms with van der Waals surface area (Å²) in [4.78, 5) is 0. The predicted molar refractivity (Wildman–Crippen MR) is 32.2 cm³/mol. The third kappa shape index (κ3) is 4.74. The van der Waals surface area contributed by atoms with Crippen LogP contribution in [0, 0.1) is 11.7 Å². The summed E-state index contributed by atoms with van der Waals surface area (Å²) >= 11 is 0. The van der Waals surface area contributed by atoms with Crippen LogP contribution in [0.2, 0.25) is 0 Å². The van der Waals surface area contributed by atoms with E-state index in [0.717, 1.165) is 0 Å². The lowest BCUT2D eigenvalue weighted by Gasteiger charge is -2.03. The Labute approximate surface area is 72.6 Å². The van der Waals surface area contributed by atoms with E-state index in [0.29, 0.717) is 5.92 Å². The van der Waals surface area contributed by atoms with Gasteiger partial charge < -0.3 is 12.9 Å². The summed E-state index contributed by atoms with van der Waals surface area (Å²) in [5.41, 5.74) is 0. The summed E-state index contributed by atoms with van der Waals surface area (Å²) in [6.07, 6.45) is -5.67. The molecule has 0 aromatic carbocycles. The molecule has 0 rings (SSSR count). The zero-order valence-electron chi connectivity index (χ0n) is 6.10. The van der Waals surface area contributed by atoms with Crippen molar-refractivity contribution >= 4 is 6.98 Å². The Morgan fingerprint density at radius 3 is 1.71 bits per heavy atom. The highest BCUT2D eigenvalue weighted by Gasteiger charge is 2.37. The van der Waals surface area contributed by atoms with Gasteiger partial charge in [0.25, 0.3) is 0 Å². The first kappa shape index (κ1) is 12.8. The Balaban J connectivity index is 4.94. The monoisotopic (exact) mass is 223 g/mol. The molecule has 0 aliphatic heterocycles. The van der Waals surface area contributed by atoms with E-state index in [1.165, 1.54) is 0 Å². The molecule has 0 aromatic heterocycles. The van der Waals surface area contributed by atoms with Crippen LogP contribution in [0.1, 0.15) is 0 Å². The van der Waals surface area contributed by atoms with Crippen LogP contribution in [-0.4, -0.2) is 13.2 Å². The minimum absolute atomic E-state index is 0.214. The van der Waals surface area contributed by atoms with Crippen LogP contribution in [0.5, 0.6) is 0 Å². The molecule has 0 unspecified atom stereocenters. The summed E-state index contributed by atoms with van der Waals surface area (Å²) < 4.78 is 91.5. The molecule has 0 nitrogen and oxygen atoms in total. The molecule has 0 radical (unpaired) electrons. The molecule has 0 bridgehead atoms. The fraction of sp³-hybridized carbons (Fsp3) is 0.200. The highest BCUT2D eigenvalue weighted by molar-refractivity contribution is 6.67. The molecule has 0 amide bonds. The van der Waals surface area contributed by atoms with Crippen molar-refractivity contribution in [3.63, 3.8) is 0 Å². The lowest BCUT2D eigenvalue weighted by Crippen LogP contribution is -2.12. The van der Waals surface area contributed by atoms with Crippen molar-refractivity contribution in [2.24, 2.45) is 0 Å². The summed E-state index contributed by atoms with van der Waals surface area (Å²) in [6, 6.07) is 0. The normalized spacial score (nSPS) is 14.3. The fourth-order valence-electron chi connectivity index (χ4n) is 0.325. The number of halogens is 8. The first-order valence-corrected chi connectivity index (χ1v) is 2.89. The van der Waals surface area contributed by atoms with Crippen LogP contribution in [0.3, 0.4) is 0 Å². The maximum Gasteiger partial charge on any atom is 0.558 e. The molecule has 14 heavy (non-hydrogen) atoms. The SMILES string of the molecule is F/C(C#C[B-](F)(F)F)=C(/F)C(F)(F)F. The number of rotatable bonds is 0. The summed E-state index contributed by atoms with van der Waals surface area (Å²) in [7, 11) is 0. The van der Waals surface area contributed by atoms with E-state index in [2.05, 4.69) is 0 Å². The van der Waals surface area contributed by atoms with Gasteiger partial charge in [-0.1, -0.05) is 5.92 Å². The van der Waals surface area contributed by atoms with Crippen molar-refractivity contribution in [1.29, 1.82) is 0 Å². The third-order valence-electron chi connectivity index (χ3n) is 0.787. The van der Waals surface area contributed by atoms with Gasteiger partial charge in [-0.3, -0.25) is 0 Å². The Morgan fingerprint density at radius 1 is 1.00 bits per heavy atom. The van der Waals surface area contributed by atoms with Crippen molar-refractivity contribution in [2.75, 3.05) is 0 Å². The average molecular weight is 223 g/mol. The van der Waals surface area contributed by atoms with Gasteiger partial charge in [-0.2, -0.15) is 27.8 Å². The highest BCUT2D eigenvalue weighted by Crippen LogP contribution is 2.29. The molecule has 0 N–H and O–H groups in total. The molecule has 0 atom stereocenters. The van der Waals surface area contributed by atoms with E-state index < -0.39 is 24.8 Å². The molecular formula is C5BF8-. The third-order valence-corrected chi connectivity index (χ3v) is 0.787. The van der Waals surface area contributed by atoms with Crippen molar-refractivity contribution in [3.8, 4) is 11.7 Å². The Kier molecular flexibility index (Phi) is 3.56. The van der Waals surface area contributed by atoms with Gasteiger partial charge in [-0.05, 0) is 0 Å². The second kappa shape index (κ2) is 3.90. The smallest absolute Gasteiger partial charge is 0.438 e. The second-order valence-electron chi connectivity index (χ2n) is 1.97. The topological polar surface area (TPSA) is 0 Å². The van der Waals surface area contributed by atoms with Crippen molar-refractivity contribution in [2.45, 2.75) is 6.18 Å². The van der Waals surface area contributed by atoms with Crippen LogP contribution in [-0.2, 0) is 0 Å². The quantitative estimate of drug-likeness (QED) is 0.336. The molecular weight excluding hydrogens is 223 g/mol. The van der Waals surface area contributed by atoms with Gasteiger partial charge in [-0.15, -0.1) is 0 Å². The lowest BCUT2D eigenvalue weighted by atomic mass is 9.94. The maximum atomic E-state index is 11.9. The fourth-order valence-corrected chi connectivity index (χ4v) is 0.325. The van der Waals surface area contributed by atoms with Crippen LogP contribution in [0.4, 0.5) is 34.9 Å². The van der Waals surface area contributed by atoms with Gasteiger partial charge in [-0.25, -0.2) is 0 Å². The summed E-state index contributed by atoms with van der Waals surface area (Å²) in [5.74, 6) is -5.44. The van der Waals surface area contributed by atoms with Gasteiger partial charge in [0.15, 0.2) is 0 Å². The zero-order valence-corrected chi connectivity index (χ0v) is 6.10. The molecule has 0 spiro atoms. The highest BCUT2D eigenvalue weighted by atomic mass is 19.4.